The molecule has 0 spiro atoms. The van der Waals surface area contributed by atoms with Crippen LogP contribution in [-0.4, -0.2) is 25.4 Å². The van der Waals surface area contributed by atoms with Crippen LogP contribution < -0.4 is 20.2 Å². The summed E-state index contributed by atoms with van der Waals surface area (Å²) in [5.41, 5.74) is 4.94. The molecule has 2 aromatic heterocycles. The van der Waals surface area contributed by atoms with Gasteiger partial charge in [0.2, 0.25) is 0 Å². The summed E-state index contributed by atoms with van der Waals surface area (Å²) in [5, 5.41) is 15.5. The van der Waals surface area contributed by atoms with Gasteiger partial charge in [-0.3, -0.25) is 24.3 Å². The predicted molar refractivity (Wildman–Crippen MR) is 188 cm³/mol. The quantitative estimate of drug-likeness (QED) is 0.113. The van der Waals surface area contributed by atoms with Crippen molar-refractivity contribution in [1.82, 2.24) is 14.5 Å². The smallest absolute Gasteiger partial charge is 0.283 e. The van der Waals surface area contributed by atoms with Crippen LogP contribution >= 0.6 is 23.1 Å². The fraction of sp³-hybridized carbons (Fsp3) is 0.194. The number of aryl methyl sites for hydroxylation is 2. The minimum atomic E-state index is -0.737. The van der Waals surface area contributed by atoms with Gasteiger partial charge >= 0.3 is 0 Å². The number of aromatic nitrogens is 3. The second kappa shape index (κ2) is 13.5. The van der Waals surface area contributed by atoms with Gasteiger partial charge in [0.15, 0.2) is 9.96 Å². The minimum absolute atomic E-state index is 0.122. The van der Waals surface area contributed by atoms with Crippen LogP contribution in [0.3, 0.4) is 0 Å². The molecular weight excluding hydrogens is 645 g/mol. The average molecular weight is 677 g/mol. The van der Waals surface area contributed by atoms with E-state index in [-0.39, 0.29) is 17.2 Å². The van der Waals surface area contributed by atoms with Crippen LogP contribution in [0.25, 0.3) is 6.08 Å². The van der Waals surface area contributed by atoms with Crippen LogP contribution in [0.1, 0.15) is 60.8 Å². The fourth-order valence-corrected chi connectivity index (χ4v) is 7.55. The molecule has 0 unspecified atom stereocenters. The topological polar surface area (TPSA) is 132 Å². The summed E-state index contributed by atoms with van der Waals surface area (Å²) in [6.45, 7) is 9.67. The van der Waals surface area contributed by atoms with E-state index in [0.29, 0.717) is 47.8 Å². The number of nitrogens with one attached hydrogen (secondary N) is 1. The Balaban J connectivity index is 1.44. The number of amides is 1. The molecule has 1 amide bonds. The lowest BCUT2D eigenvalue weighted by Gasteiger charge is -2.25. The van der Waals surface area contributed by atoms with Crippen molar-refractivity contribution >= 4 is 46.5 Å². The summed E-state index contributed by atoms with van der Waals surface area (Å²) in [5.74, 6) is -0.0485. The van der Waals surface area contributed by atoms with Gasteiger partial charge in [0.05, 0.1) is 31.7 Å². The van der Waals surface area contributed by atoms with Gasteiger partial charge in [-0.1, -0.05) is 73.7 Å². The molecule has 10 nitrogen and oxygen atoms in total. The summed E-state index contributed by atoms with van der Waals surface area (Å²) in [6.07, 6.45) is 1.63. The Hall–Kier alpha value is -5.20. The number of nitro groups is 1. The van der Waals surface area contributed by atoms with Crippen LogP contribution in [0.2, 0.25) is 0 Å². The van der Waals surface area contributed by atoms with Gasteiger partial charge in [-0.05, 0) is 85.5 Å². The van der Waals surface area contributed by atoms with Gasteiger partial charge < -0.3 is 5.32 Å². The highest BCUT2D eigenvalue weighted by molar-refractivity contribution is 7.99. The van der Waals surface area contributed by atoms with E-state index in [4.69, 9.17) is 4.99 Å². The largest absolute Gasteiger partial charge is 0.322 e. The van der Waals surface area contributed by atoms with E-state index < -0.39 is 11.0 Å². The SMILES string of the molecule is CC1=C(C(=O)Nc2ccccc2)[C@H](c2ccc(C(C)C)cc2)n2c(s/c(=C/c3ccc(Sc4nc(C)cc(C)n4)c([N+](=O)[O-])c3)c2=O)=N1. The zero-order valence-corrected chi connectivity index (χ0v) is 28.6. The molecule has 0 aliphatic carbocycles. The number of anilines is 1. The zero-order chi connectivity index (χ0) is 34.1. The van der Waals surface area contributed by atoms with Gasteiger partial charge in [0, 0.05) is 23.1 Å². The predicted octanol–water partition coefficient (Wildman–Crippen LogP) is 6.46. The normalized spacial score (nSPS) is 14.5. The number of thiazole rings is 1. The second-order valence-corrected chi connectivity index (χ2v) is 13.8. The highest BCUT2D eigenvalue weighted by Gasteiger charge is 2.32. The molecule has 1 N–H and O–H groups in total. The Morgan fingerprint density at radius 3 is 2.33 bits per heavy atom. The number of nitrogens with zero attached hydrogens (tertiary/aromatic N) is 5. The number of carbonyl (C=O) groups is 1. The maximum Gasteiger partial charge on any atom is 0.283 e. The third-order valence-electron chi connectivity index (χ3n) is 7.86. The van der Waals surface area contributed by atoms with E-state index in [1.54, 1.807) is 41.8 Å². The van der Waals surface area contributed by atoms with Crippen LogP contribution in [0.5, 0.6) is 0 Å². The lowest BCUT2D eigenvalue weighted by Crippen LogP contribution is -2.40. The molecule has 12 heteroatoms. The lowest BCUT2D eigenvalue weighted by atomic mass is 9.93. The molecule has 1 atom stereocenters. The maximum atomic E-state index is 14.2. The van der Waals surface area contributed by atoms with E-state index in [9.17, 15) is 19.7 Å². The summed E-state index contributed by atoms with van der Waals surface area (Å²) < 4.78 is 1.88. The molecule has 242 valence electrons. The first-order chi connectivity index (χ1) is 23.0. The van der Waals surface area contributed by atoms with Crippen LogP contribution in [0, 0.1) is 24.0 Å². The highest BCUT2D eigenvalue weighted by Crippen LogP contribution is 2.35. The van der Waals surface area contributed by atoms with Crippen molar-refractivity contribution in [3.05, 3.63) is 148 Å². The summed E-state index contributed by atoms with van der Waals surface area (Å²) in [7, 11) is 0. The molecule has 1 aliphatic heterocycles. The van der Waals surface area contributed by atoms with Crippen molar-refractivity contribution in [1.29, 1.82) is 0 Å². The zero-order valence-electron chi connectivity index (χ0n) is 26.9. The van der Waals surface area contributed by atoms with Crippen molar-refractivity contribution in [2.24, 2.45) is 4.99 Å². The first-order valence-corrected chi connectivity index (χ1v) is 16.9. The summed E-state index contributed by atoms with van der Waals surface area (Å²) in [6, 6.07) is 23.0. The third kappa shape index (κ3) is 6.76. The van der Waals surface area contributed by atoms with Crippen molar-refractivity contribution in [2.45, 2.75) is 56.6 Å². The number of hydrogen-bond donors (Lipinski definition) is 1. The van der Waals surface area contributed by atoms with Crippen molar-refractivity contribution < 1.29 is 9.72 Å². The molecule has 0 saturated carbocycles. The first-order valence-electron chi connectivity index (χ1n) is 15.3. The molecule has 1 aliphatic rings. The number of allylic oxidation sites excluding steroid dienone is 1. The number of fused-ring (bicyclic) bond motifs is 1. The molecule has 0 fully saturated rings. The van der Waals surface area contributed by atoms with E-state index in [1.165, 1.54) is 17.4 Å². The van der Waals surface area contributed by atoms with Crippen molar-refractivity contribution in [3.8, 4) is 0 Å². The molecule has 5 aromatic rings. The minimum Gasteiger partial charge on any atom is -0.322 e. The maximum absolute atomic E-state index is 14.2. The lowest BCUT2D eigenvalue weighted by molar-refractivity contribution is -0.387. The Kier molecular flexibility index (Phi) is 9.20. The van der Waals surface area contributed by atoms with Crippen molar-refractivity contribution in [3.63, 3.8) is 0 Å². The average Bonchev–Trinajstić information content (AvgIpc) is 3.34. The molecular formula is C36H32N6O4S2. The second-order valence-electron chi connectivity index (χ2n) is 11.7. The highest BCUT2D eigenvalue weighted by atomic mass is 32.2. The number of para-hydroxylation sites is 1. The fourth-order valence-electron chi connectivity index (χ4n) is 5.55. The molecule has 3 heterocycles. The van der Waals surface area contributed by atoms with Gasteiger partial charge in [-0.15, -0.1) is 0 Å². The van der Waals surface area contributed by atoms with Gasteiger partial charge in [0.25, 0.3) is 17.2 Å². The Morgan fingerprint density at radius 2 is 1.69 bits per heavy atom. The van der Waals surface area contributed by atoms with Crippen LogP contribution in [0.4, 0.5) is 11.4 Å². The van der Waals surface area contributed by atoms with E-state index in [0.717, 1.165) is 34.3 Å². The van der Waals surface area contributed by atoms with Gasteiger partial charge in [-0.25, -0.2) is 15.0 Å². The summed E-state index contributed by atoms with van der Waals surface area (Å²) in [4.78, 5) is 54.0. The van der Waals surface area contributed by atoms with Gasteiger partial charge in [0.1, 0.15) is 0 Å². The van der Waals surface area contributed by atoms with Crippen LogP contribution in [0.15, 0.2) is 110 Å². The molecule has 48 heavy (non-hydrogen) atoms. The Labute approximate surface area is 284 Å². The van der Waals surface area contributed by atoms with E-state index >= 15 is 0 Å². The van der Waals surface area contributed by atoms with Gasteiger partial charge in [-0.2, -0.15) is 0 Å². The van der Waals surface area contributed by atoms with Crippen molar-refractivity contribution in [2.75, 3.05) is 5.32 Å². The number of carbonyl (C=O) groups excluding carboxylic acids is 1. The standard InChI is InChI=1S/C36H32N6O4S2/c1-20(2)25-12-14-26(15-13-25)32-31(33(43)40-27-9-7-6-8-10-27)23(5)39-36-41(32)34(44)30(48-36)19-24-11-16-29(28(18-24)42(45)46)47-35-37-21(3)17-22(4)38-35/h6-20,32H,1-5H3,(H,40,43)/b30-19+/t32-/m0/s1. The summed E-state index contributed by atoms with van der Waals surface area (Å²) >= 11 is 2.29. The third-order valence-corrected chi connectivity index (χ3v) is 9.77. The molecule has 0 saturated heterocycles. The number of benzene rings is 3. The number of hydrogen-bond acceptors (Lipinski definition) is 9. The van der Waals surface area contributed by atoms with E-state index in [1.807, 2.05) is 62.4 Å². The molecule has 0 radical (unpaired) electrons. The number of nitro benzene ring substituents is 1. The van der Waals surface area contributed by atoms with Crippen LogP contribution in [-0.2, 0) is 4.79 Å². The Bertz CT molecular complexity index is 2260. The van der Waals surface area contributed by atoms with E-state index in [2.05, 4.69) is 29.1 Å². The molecule has 0 bridgehead atoms. The molecule has 3 aromatic carbocycles. The monoisotopic (exact) mass is 676 g/mol. The molecule has 6 rings (SSSR count). The Morgan fingerprint density at radius 1 is 1.00 bits per heavy atom. The first kappa shape index (κ1) is 32.7. The number of rotatable bonds is 8.